The van der Waals surface area contributed by atoms with Crippen molar-refractivity contribution >= 4 is 34.4 Å². The summed E-state index contributed by atoms with van der Waals surface area (Å²) in [5.41, 5.74) is 0. The van der Waals surface area contributed by atoms with Crippen molar-refractivity contribution in [2.45, 2.75) is 11.4 Å². The lowest BCUT2D eigenvalue weighted by atomic mass is 10.5. The van der Waals surface area contributed by atoms with Crippen molar-refractivity contribution in [1.82, 2.24) is 9.97 Å². The van der Waals surface area contributed by atoms with Gasteiger partial charge in [0.25, 0.3) is 0 Å². The number of hydrogen-bond acceptors (Lipinski definition) is 4. The summed E-state index contributed by atoms with van der Waals surface area (Å²) < 4.78 is 6.08. The maximum absolute atomic E-state index is 4.96. The zero-order chi connectivity index (χ0) is 9.52. The van der Waals surface area contributed by atoms with E-state index in [4.69, 9.17) is 4.74 Å². The molecule has 1 heterocycles. The van der Waals surface area contributed by atoms with Crippen LogP contribution in [-0.2, 0) is 4.74 Å². The number of hydrogen-bond donors (Lipinski definition) is 0. The van der Waals surface area contributed by atoms with Gasteiger partial charge in [0.2, 0.25) is 0 Å². The molecule has 1 aromatic rings. The van der Waals surface area contributed by atoms with E-state index < -0.39 is 0 Å². The Morgan fingerprint density at radius 2 is 2.46 bits per heavy atom. The Morgan fingerprint density at radius 3 is 3.15 bits per heavy atom. The minimum absolute atomic E-state index is 0.814. The van der Waals surface area contributed by atoms with Crippen LogP contribution in [0.25, 0.3) is 0 Å². The van der Waals surface area contributed by atoms with Crippen LogP contribution in [0.5, 0.6) is 0 Å². The van der Waals surface area contributed by atoms with Crippen molar-refractivity contribution in [3.63, 3.8) is 0 Å². The predicted octanol–water partition coefficient (Wildman–Crippen LogP) is 2.21. The van der Waals surface area contributed by atoms with Crippen molar-refractivity contribution in [2.24, 2.45) is 0 Å². The molecule has 72 valence electrons. The lowest BCUT2D eigenvalue weighted by molar-refractivity contribution is 0.200. The summed E-state index contributed by atoms with van der Waals surface area (Å²) in [6.45, 7) is 0.814. The fourth-order valence-electron chi connectivity index (χ4n) is 0.780. The van der Waals surface area contributed by atoms with Gasteiger partial charge in [-0.3, -0.25) is 0 Å². The first-order valence-electron chi connectivity index (χ1n) is 3.92. The minimum Gasteiger partial charge on any atom is -0.385 e. The highest BCUT2D eigenvalue weighted by Crippen LogP contribution is 2.20. The fourth-order valence-corrected chi connectivity index (χ4v) is 2.31. The number of nitrogens with zero attached hydrogens (tertiary/aromatic N) is 2. The van der Waals surface area contributed by atoms with E-state index >= 15 is 0 Å². The Balaban J connectivity index is 2.32. The molecule has 0 fully saturated rings. The van der Waals surface area contributed by atoms with Crippen LogP contribution in [0.2, 0.25) is 0 Å². The molecule has 13 heavy (non-hydrogen) atoms. The normalized spacial score (nSPS) is 10.3. The molecule has 0 spiro atoms. The van der Waals surface area contributed by atoms with Gasteiger partial charge in [0.1, 0.15) is 11.4 Å². The molecule has 0 aromatic carbocycles. The highest BCUT2D eigenvalue weighted by Gasteiger charge is 2.00. The van der Waals surface area contributed by atoms with Gasteiger partial charge in [-0.25, -0.2) is 9.97 Å². The van der Waals surface area contributed by atoms with Crippen molar-refractivity contribution in [2.75, 3.05) is 19.5 Å². The first kappa shape index (κ1) is 11.2. The maximum Gasteiger partial charge on any atom is 0.116 e. The van der Waals surface area contributed by atoms with Gasteiger partial charge in [-0.1, -0.05) is 0 Å². The zero-order valence-corrected chi connectivity index (χ0v) is 10.3. The third-order valence-corrected chi connectivity index (χ3v) is 3.61. The molecule has 0 aliphatic heterocycles. The number of halogens is 1. The van der Waals surface area contributed by atoms with Gasteiger partial charge in [0.05, 0.1) is 3.57 Å². The lowest BCUT2D eigenvalue weighted by Crippen LogP contribution is -1.92. The fraction of sp³-hybridized carbons (Fsp3) is 0.500. The van der Waals surface area contributed by atoms with Crippen molar-refractivity contribution in [1.29, 1.82) is 0 Å². The van der Waals surface area contributed by atoms with Crippen LogP contribution in [0, 0.1) is 3.57 Å². The zero-order valence-electron chi connectivity index (χ0n) is 7.36. The van der Waals surface area contributed by atoms with Crippen LogP contribution in [0.1, 0.15) is 6.42 Å². The average Bonchev–Trinajstić information content (AvgIpc) is 2.15. The Bertz CT molecular complexity index is 260. The molecule has 0 bridgehead atoms. The van der Waals surface area contributed by atoms with E-state index in [1.807, 2.05) is 6.20 Å². The van der Waals surface area contributed by atoms with E-state index in [1.165, 1.54) is 0 Å². The summed E-state index contributed by atoms with van der Waals surface area (Å²) in [4.78, 5) is 8.11. The summed E-state index contributed by atoms with van der Waals surface area (Å²) in [5.74, 6) is 1.04. The van der Waals surface area contributed by atoms with Gasteiger partial charge >= 0.3 is 0 Å². The molecule has 1 aromatic heterocycles. The predicted molar refractivity (Wildman–Crippen MR) is 62.0 cm³/mol. The van der Waals surface area contributed by atoms with Crippen LogP contribution in [0.3, 0.4) is 0 Å². The van der Waals surface area contributed by atoms with E-state index in [1.54, 1.807) is 25.2 Å². The molecular formula is C8H11IN2OS. The molecule has 0 saturated carbocycles. The molecule has 0 aliphatic rings. The van der Waals surface area contributed by atoms with Crippen LogP contribution >= 0.6 is 34.4 Å². The molecule has 0 saturated heterocycles. The highest BCUT2D eigenvalue weighted by molar-refractivity contribution is 14.1. The summed E-state index contributed by atoms with van der Waals surface area (Å²) >= 11 is 3.99. The van der Waals surface area contributed by atoms with Gasteiger partial charge in [-0.15, -0.1) is 11.8 Å². The smallest absolute Gasteiger partial charge is 0.116 e. The van der Waals surface area contributed by atoms with Gasteiger partial charge < -0.3 is 4.74 Å². The molecule has 0 atom stereocenters. The van der Waals surface area contributed by atoms with E-state index in [0.29, 0.717) is 0 Å². The number of ether oxygens (including phenoxy) is 1. The van der Waals surface area contributed by atoms with Crippen molar-refractivity contribution in [3.05, 3.63) is 16.1 Å². The Kier molecular flexibility index (Phi) is 5.65. The minimum atomic E-state index is 0.814. The van der Waals surface area contributed by atoms with E-state index in [0.717, 1.165) is 27.4 Å². The van der Waals surface area contributed by atoms with Gasteiger partial charge in [-0.05, 0) is 29.0 Å². The maximum atomic E-state index is 4.96. The molecule has 1 rings (SSSR count). The molecular weight excluding hydrogens is 299 g/mol. The second-order valence-corrected chi connectivity index (χ2v) is 4.62. The Hall–Kier alpha value is 0.120. The topological polar surface area (TPSA) is 35.0 Å². The lowest BCUT2D eigenvalue weighted by Gasteiger charge is -2.01. The average molecular weight is 310 g/mol. The summed E-state index contributed by atoms with van der Waals surface area (Å²) in [6.07, 6.45) is 4.47. The standard InChI is InChI=1S/C8H11IN2OS/c1-12-3-2-4-13-8-7(9)5-10-6-11-8/h5-6H,2-4H2,1H3. The van der Waals surface area contributed by atoms with Gasteiger partial charge in [0.15, 0.2) is 0 Å². The third kappa shape index (κ3) is 4.24. The van der Waals surface area contributed by atoms with Crippen LogP contribution in [0.15, 0.2) is 17.6 Å². The quantitative estimate of drug-likeness (QED) is 0.361. The number of methoxy groups -OCH3 is 1. The van der Waals surface area contributed by atoms with E-state index in [2.05, 4.69) is 32.6 Å². The number of aromatic nitrogens is 2. The summed E-state index contributed by atoms with van der Waals surface area (Å²) in [7, 11) is 1.72. The molecule has 0 unspecified atom stereocenters. The monoisotopic (exact) mass is 310 g/mol. The second kappa shape index (κ2) is 6.56. The van der Waals surface area contributed by atoms with Crippen LogP contribution in [-0.4, -0.2) is 29.4 Å². The van der Waals surface area contributed by atoms with Crippen LogP contribution in [0.4, 0.5) is 0 Å². The molecule has 5 heteroatoms. The van der Waals surface area contributed by atoms with Crippen molar-refractivity contribution < 1.29 is 4.74 Å². The molecule has 0 N–H and O–H groups in total. The molecule has 0 radical (unpaired) electrons. The van der Waals surface area contributed by atoms with Crippen molar-refractivity contribution in [3.8, 4) is 0 Å². The number of thioether (sulfide) groups is 1. The SMILES string of the molecule is COCCCSc1ncncc1I. The van der Waals surface area contributed by atoms with Crippen LogP contribution < -0.4 is 0 Å². The molecule has 3 nitrogen and oxygen atoms in total. The molecule has 0 amide bonds. The third-order valence-electron chi connectivity index (χ3n) is 1.37. The van der Waals surface area contributed by atoms with Gasteiger partial charge in [0, 0.05) is 25.7 Å². The Labute approximate surface area is 95.8 Å². The number of rotatable bonds is 5. The highest BCUT2D eigenvalue weighted by atomic mass is 127. The largest absolute Gasteiger partial charge is 0.385 e. The second-order valence-electron chi connectivity index (χ2n) is 2.37. The summed E-state index contributed by atoms with van der Waals surface area (Å²) in [5, 5.41) is 1.06. The first-order valence-corrected chi connectivity index (χ1v) is 5.98. The molecule has 0 aliphatic carbocycles. The van der Waals surface area contributed by atoms with Gasteiger partial charge in [-0.2, -0.15) is 0 Å². The summed E-state index contributed by atoms with van der Waals surface area (Å²) in [6, 6.07) is 0. The first-order chi connectivity index (χ1) is 6.34. The van der Waals surface area contributed by atoms with E-state index in [-0.39, 0.29) is 0 Å². The van der Waals surface area contributed by atoms with E-state index in [9.17, 15) is 0 Å². The Morgan fingerprint density at radius 1 is 1.62 bits per heavy atom.